The first kappa shape index (κ1) is 62.1. The van der Waals surface area contributed by atoms with Gasteiger partial charge in [0, 0.05) is 19.3 Å². The molecule has 0 amide bonds. The molecular formula is C59H104O6. The third kappa shape index (κ3) is 51.9. The average Bonchev–Trinajstić information content (AvgIpc) is 3.30. The molecule has 0 aliphatic rings. The van der Waals surface area contributed by atoms with E-state index in [4.69, 9.17) is 14.2 Å². The van der Waals surface area contributed by atoms with Crippen molar-refractivity contribution in [1.82, 2.24) is 0 Å². The van der Waals surface area contributed by atoms with E-state index in [-0.39, 0.29) is 31.1 Å². The van der Waals surface area contributed by atoms with Crippen molar-refractivity contribution in [1.29, 1.82) is 0 Å². The van der Waals surface area contributed by atoms with E-state index in [0.29, 0.717) is 19.3 Å². The summed E-state index contributed by atoms with van der Waals surface area (Å²) in [5.41, 5.74) is 0. The SMILES string of the molecule is CCCCCCC/C=C\C/C=C\C/C=C\CCCCCCCCC(=O)OCC(COC(=O)CCCCCCC)OC(=O)CCCCCCCCCCC/C=C\C/C=C\CCCCCCC. The van der Waals surface area contributed by atoms with E-state index in [1.54, 1.807) is 0 Å². The highest BCUT2D eigenvalue weighted by Gasteiger charge is 2.19. The van der Waals surface area contributed by atoms with Gasteiger partial charge in [-0.25, -0.2) is 0 Å². The fourth-order valence-electron chi connectivity index (χ4n) is 7.77. The Morgan fingerprint density at radius 3 is 0.862 bits per heavy atom. The molecule has 6 nitrogen and oxygen atoms in total. The summed E-state index contributed by atoms with van der Waals surface area (Å²) in [5, 5.41) is 0. The highest BCUT2D eigenvalue weighted by molar-refractivity contribution is 5.71. The van der Waals surface area contributed by atoms with Gasteiger partial charge in [0.25, 0.3) is 0 Å². The molecule has 0 aromatic heterocycles. The second-order valence-corrected chi connectivity index (χ2v) is 18.5. The molecule has 0 aromatic rings. The molecule has 0 aromatic carbocycles. The van der Waals surface area contributed by atoms with Crippen LogP contribution >= 0.6 is 0 Å². The van der Waals surface area contributed by atoms with Crippen molar-refractivity contribution in [3.63, 3.8) is 0 Å². The summed E-state index contributed by atoms with van der Waals surface area (Å²) in [6.07, 6.45) is 66.7. The molecule has 0 N–H and O–H groups in total. The summed E-state index contributed by atoms with van der Waals surface area (Å²) < 4.78 is 16.7. The Labute approximate surface area is 402 Å². The van der Waals surface area contributed by atoms with E-state index in [0.717, 1.165) is 89.9 Å². The van der Waals surface area contributed by atoms with E-state index >= 15 is 0 Å². The predicted octanol–water partition coefficient (Wildman–Crippen LogP) is 18.4. The van der Waals surface area contributed by atoms with E-state index in [2.05, 4.69) is 81.5 Å². The lowest BCUT2D eigenvalue weighted by atomic mass is 10.1. The fourth-order valence-corrected chi connectivity index (χ4v) is 7.77. The van der Waals surface area contributed by atoms with Crippen LogP contribution in [0.15, 0.2) is 60.8 Å². The van der Waals surface area contributed by atoms with Crippen LogP contribution in [0.1, 0.15) is 278 Å². The van der Waals surface area contributed by atoms with Crippen molar-refractivity contribution in [2.45, 2.75) is 284 Å². The van der Waals surface area contributed by atoms with E-state index in [9.17, 15) is 14.4 Å². The maximum atomic E-state index is 12.8. The number of carbonyl (C=O) groups excluding carboxylic acids is 3. The second-order valence-electron chi connectivity index (χ2n) is 18.5. The van der Waals surface area contributed by atoms with Crippen molar-refractivity contribution in [3.8, 4) is 0 Å². The van der Waals surface area contributed by atoms with Crippen molar-refractivity contribution in [2.24, 2.45) is 0 Å². The van der Waals surface area contributed by atoms with Gasteiger partial charge in [-0.3, -0.25) is 14.4 Å². The highest BCUT2D eigenvalue weighted by atomic mass is 16.6. The lowest BCUT2D eigenvalue weighted by molar-refractivity contribution is -0.167. The largest absolute Gasteiger partial charge is 0.462 e. The zero-order valence-corrected chi connectivity index (χ0v) is 43.0. The molecule has 0 bridgehead atoms. The molecule has 0 saturated heterocycles. The zero-order valence-electron chi connectivity index (χ0n) is 43.0. The monoisotopic (exact) mass is 909 g/mol. The minimum absolute atomic E-state index is 0.0808. The van der Waals surface area contributed by atoms with E-state index in [1.165, 1.54) is 148 Å². The molecule has 0 aliphatic heterocycles. The van der Waals surface area contributed by atoms with Gasteiger partial charge in [-0.1, -0.05) is 229 Å². The van der Waals surface area contributed by atoms with Gasteiger partial charge in [-0.2, -0.15) is 0 Å². The van der Waals surface area contributed by atoms with Crippen molar-refractivity contribution < 1.29 is 28.6 Å². The summed E-state index contributed by atoms with van der Waals surface area (Å²) in [5.74, 6) is -0.905. The van der Waals surface area contributed by atoms with Crippen LogP contribution in [0.25, 0.3) is 0 Å². The summed E-state index contributed by atoms with van der Waals surface area (Å²) in [4.78, 5) is 37.8. The molecule has 1 unspecified atom stereocenters. The number of carbonyl (C=O) groups is 3. The van der Waals surface area contributed by atoms with Gasteiger partial charge in [-0.15, -0.1) is 0 Å². The summed E-state index contributed by atoms with van der Waals surface area (Å²) in [6.45, 7) is 6.53. The maximum Gasteiger partial charge on any atom is 0.306 e. The molecule has 0 heterocycles. The molecule has 376 valence electrons. The second kappa shape index (κ2) is 53.7. The van der Waals surface area contributed by atoms with Gasteiger partial charge in [0.15, 0.2) is 6.10 Å². The lowest BCUT2D eigenvalue weighted by Crippen LogP contribution is -2.30. The normalized spacial score (nSPS) is 12.5. The Bertz CT molecular complexity index is 1180. The fraction of sp³-hybridized carbons (Fsp3) is 0.780. The minimum Gasteiger partial charge on any atom is -0.462 e. The molecule has 1 atom stereocenters. The molecule has 0 rings (SSSR count). The number of ether oxygens (including phenoxy) is 3. The molecule has 0 fully saturated rings. The standard InChI is InChI=1S/C59H104O6/c1-4-7-10-13-15-17-19-21-23-25-27-29-31-33-35-37-39-41-43-46-49-52-58(61)64-55-56(54-63-57(60)51-48-45-12-9-6-3)65-59(62)53-50-47-44-42-40-38-36-34-32-30-28-26-24-22-20-18-16-14-11-8-5-2/h19-22,25-28,31,33,56H,4-18,23-24,29-30,32,34-55H2,1-3H3/b21-19-,22-20-,27-25-,28-26-,33-31-. The number of hydrogen-bond acceptors (Lipinski definition) is 6. The van der Waals surface area contributed by atoms with Crippen LogP contribution in [-0.2, 0) is 28.6 Å². The van der Waals surface area contributed by atoms with Crippen LogP contribution in [0.5, 0.6) is 0 Å². The van der Waals surface area contributed by atoms with Crippen LogP contribution < -0.4 is 0 Å². The molecule has 0 spiro atoms. The van der Waals surface area contributed by atoms with Gasteiger partial charge < -0.3 is 14.2 Å². The number of hydrogen-bond donors (Lipinski definition) is 0. The first-order chi connectivity index (χ1) is 32.0. The first-order valence-electron chi connectivity index (χ1n) is 27.8. The third-order valence-electron chi connectivity index (χ3n) is 12.0. The molecule has 65 heavy (non-hydrogen) atoms. The summed E-state index contributed by atoms with van der Waals surface area (Å²) in [7, 11) is 0. The van der Waals surface area contributed by atoms with Gasteiger partial charge in [0.05, 0.1) is 0 Å². The highest BCUT2D eigenvalue weighted by Crippen LogP contribution is 2.15. The Balaban J connectivity index is 4.16. The summed E-state index contributed by atoms with van der Waals surface area (Å²) >= 11 is 0. The smallest absolute Gasteiger partial charge is 0.306 e. The van der Waals surface area contributed by atoms with E-state index in [1.807, 2.05) is 0 Å². The number of esters is 3. The maximum absolute atomic E-state index is 12.8. The quantitative estimate of drug-likeness (QED) is 0.0262. The number of rotatable bonds is 50. The van der Waals surface area contributed by atoms with Gasteiger partial charge >= 0.3 is 17.9 Å². The average molecular weight is 909 g/mol. The predicted molar refractivity (Wildman–Crippen MR) is 279 cm³/mol. The zero-order chi connectivity index (χ0) is 47.2. The Hall–Kier alpha value is -2.89. The Kier molecular flexibility index (Phi) is 51.3. The third-order valence-corrected chi connectivity index (χ3v) is 12.0. The van der Waals surface area contributed by atoms with Crippen LogP contribution in [0.3, 0.4) is 0 Å². The first-order valence-corrected chi connectivity index (χ1v) is 27.8. The van der Waals surface area contributed by atoms with Gasteiger partial charge in [0.2, 0.25) is 0 Å². The molecular weight excluding hydrogens is 805 g/mol. The molecule has 0 aliphatic carbocycles. The lowest BCUT2D eigenvalue weighted by Gasteiger charge is -2.18. The topological polar surface area (TPSA) is 78.9 Å². The van der Waals surface area contributed by atoms with Gasteiger partial charge in [-0.05, 0) is 89.9 Å². The minimum atomic E-state index is -0.778. The van der Waals surface area contributed by atoms with E-state index < -0.39 is 6.10 Å². The molecule has 0 radical (unpaired) electrons. The van der Waals surface area contributed by atoms with Crippen LogP contribution in [0, 0.1) is 0 Å². The summed E-state index contributed by atoms with van der Waals surface area (Å²) in [6, 6.07) is 0. The van der Waals surface area contributed by atoms with Crippen molar-refractivity contribution >= 4 is 17.9 Å². The van der Waals surface area contributed by atoms with Crippen LogP contribution in [0.4, 0.5) is 0 Å². The van der Waals surface area contributed by atoms with Crippen LogP contribution in [-0.4, -0.2) is 37.2 Å². The Morgan fingerprint density at radius 1 is 0.308 bits per heavy atom. The molecule has 0 saturated carbocycles. The van der Waals surface area contributed by atoms with Gasteiger partial charge in [0.1, 0.15) is 13.2 Å². The molecule has 6 heteroatoms. The van der Waals surface area contributed by atoms with Crippen molar-refractivity contribution in [3.05, 3.63) is 60.8 Å². The number of unbranched alkanes of at least 4 members (excludes halogenated alkanes) is 29. The number of allylic oxidation sites excluding steroid dienone is 10. The Morgan fingerprint density at radius 2 is 0.554 bits per heavy atom. The van der Waals surface area contributed by atoms with Crippen LogP contribution in [0.2, 0.25) is 0 Å². The van der Waals surface area contributed by atoms with Crippen molar-refractivity contribution in [2.75, 3.05) is 13.2 Å².